The van der Waals surface area contributed by atoms with Crippen LogP contribution in [0.1, 0.15) is 66.7 Å². The average molecular weight is 404 g/mol. The van der Waals surface area contributed by atoms with E-state index in [9.17, 15) is 9.59 Å². The van der Waals surface area contributed by atoms with E-state index in [0.29, 0.717) is 23.0 Å². The summed E-state index contributed by atoms with van der Waals surface area (Å²) in [5, 5.41) is 3.65. The number of hydrogen-bond acceptors (Lipinski definition) is 3. The maximum absolute atomic E-state index is 13.0. The molecule has 1 atom stereocenters. The number of aryl methyl sites for hydroxylation is 1. The molecule has 4 rings (SSSR count). The molecule has 0 aliphatic carbocycles. The quantitative estimate of drug-likeness (QED) is 0.685. The zero-order chi connectivity index (χ0) is 20.9. The summed E-state index contributed by atoms with van der Waals surface area (Å²) in [6, 6.07) is 15.5. The molecule has 0 radical (unpaired) electrons. The monoisotopic (exact) mass is 403 g/mol. The molecule has 1 N–H and O–H groups in total. The molecule has 2 heterocycles. The lowest BCUT2D eigenvalue weighted by molar-refractivity contribution is 0.0951. The smallest absolute Gasteiger partial charge is 0.261 e. The molecule has 1 aliphatic heterocycles. The summed E-state index contributed by atoms with van der Waals surface area (Å²) < 4.78 is 1.83. The Labute approximate surface area is 177 Å². The van der Waals surface area contributed by atoms with Crippen LogP contribution in [0.15, 0.2) is 53.3 Å². The first-order chi connectivity index (χ1) is 14.7. The lowest BCUT2D eigenvalue weighted by Crippen LogP contribution is -2.29. The summed E-state index contributed by atoms with van der Waals surface area (Å²) in [4.78, 5) is 30.5. The first-order valence-electron chi connectivity index (χ1n) is 11.0. The van der Waals surface area contributed by atoms with Gasteiger partial charge in [0.25, 0.3) is 11.5 Å². The van der Waals surface area contributed by atoms with E-state index >= 15 is 0 Å². The van der Waals surface area contributed by atoms with Crippen LogP contribution < -0.4 is 10.9 Å². The molecule has 0 spiro atoms. The molecule has 5 heteroatoms. The number of fused-ring (bicyclic) bond motifs is 2. The number of amides is 1. The summed E-state index contributed by atoms with van der Waals surface area (Å²) in [6.45, 7) is 3.44. The molecule has 30 heavy (non-hydrogen) atoms. The highest BCUT2D eigenvalue weighted by Crippen LogP contribution is 2.19. The minimum absolute atomic E-state index is 0.0129. The van der Waals surface area contributed by atoms with E-state index in [1.54, 1.807) is 18.2 Å². The van der Waals surface area contributed by atoms with E-state index in [1.165, 1.54) is 12.0 Å². The van der Waals surface area contributed by atoms with Crippen molar-refractivity contribution in [2.24, 2.45) is 0 Å². The number of nitrogens with zero attached hydrogens (tertiary/aromatic N) is 2. The fourth-order valence-corrected chi connectivity index (χ4v) is 4.28. The van der Waals surface area contributed by atoms with Crippen LogP contribution in [0.5, 0.6) is 0 Å². The van der Waals surface area contributed by atoms with Crippen LogP contribution in [-0.2, 0) is 13.0 Å². The fourth-order valence-electron chi connectivity index (χ4n) is 4.28. The minimum atomic E-state index is -0.125. The van der Waals surface area contributed by atoms with Crippen LogP contribution in [0.4, 0.5) is 0 Å². The van der Waals surface area contributed by atoms with Crippen molar-refractivity contribution in [2.75, 3.05) is 6.54 Å². The van der Waals surface area contributed by atoms with Gasteiger partial charge in [0.2, 0.25) is 0 Å². The molecule has 2 aromatic carbocycles. The van der Waals surface area contributed by atoms with Crippen LogP contribution in [0, 0.1) is 0 Å². The molecule has 156 valence electrons. The van der Waals surface area contributed by atoms with E-state index in [-0.39, 0.29) is 17.4 Å². The number of benzene rings is 2. The third-order valence-corrected chi connectivity index (χ3v) is 6.10. The average Bonchev–Trinajstić information content (AvgIpc) is 2.76. The second kappa shape index (κ2) is 9.24. The molecule has 0 saturated heterocycles. The highest BCUT2D eigenvalue weighted by Gasteiger charge is 2.16. The van der Waals surface area contributed by atoms with Gasteiger partial charge in [-0.25, -0.2) is 4.98 Å². The number of nitrogens with one attached hydrogen (secondary N) is 1. The van der Waals surface area contributed by atoms with Crippen molar-refractivity contribution < 1.29 is 4.79 Å². The van der Waals surface area contributed by atoms with Crippen molar-refractivity contribution in [1.82, 2.24) is 14.9 Å². The second-order valence-electron chi connectivity index (χ2n) is 8.11. The van der Waals surface area contributed by atoms with Crippen molar-refractivity contribution >= 4 is 16.8 Å². The van der Waals surface area contributed by atoms with Gasteiger partial charge in [0.1, 0.15) is 5.82 Å². The summed E-state index contributed by atoms with van der Waals surface area (Å²) in [5.74, 6) is 0.998. The lowest BCUT2D eigenvalue weighted by atomic mass is 9.96. The van der Waals surface area contributed by atoms with Gasteiger partial charge in [-0.3, -0.25) is 14.2 Å². The molecule has 3 aromatic rings. The van der Waals surface area contributed by atoms with E-state index in [2.05, 4.69) is 24.4 Å². The Hall–Kier alpha value is -2.95. The first-order valence-corrected chi connectivity index (χ1v) is 11.0. The predicted octanol–water partition coefficient (Wildman–Crippen LogP) is 4.44. The molecule has 0 fully saturated rings. The Balaban J connectivity index is 1.56. The summed E-state index contributed by atoms with van der Waals surface area (Å²) >= 11 is 0. The fraction of sp³-hybridized carbons (Fsp3) is 0.400. The maximum atomic E-state index is 13.0. The third kappa shape index (κ3) is 4.30. The highest BCUT2D eigenvalue weighted by molar-refractivity contribution is 5.97. The molecular weight excluding hydrogens is 374 g/mol. The van der Waals surface area contributed by atoms with Gasteiger partial charge in [-0.1, -0.05) is 50.1 Å². The summed E-state index contributed by atoms with van der Waals surface area (Å²) in [7, 11) is 0. The Kier molecular flexibility index (Phi) is 6.26. The van der Waals surface area contributed by atoms with Crippen LogP contribution in [-0.4, -0.2) is 22.0 Å². The minimum Gasteiger partial charge on any atom is -0.351 e. The summed E-state index contributed by atoms with van der Waals surface area (Å²) in [6.07, 6.45) is 6.17. The Morgan fingerprint density at radius 3 is 2.70 bits per heavy atom. The molecule has 1 amide bonds. The number of hydrogen-bond donors (Lipinski definition) is 1. The van der Waals surface area contributed by atoms with Gasteiger partial charge >= 0.3 is 0 Å². The first kappa shape index (κ1) is 20.3. The van der Waals surface area contributed by atoms with E-state index < -0.39 is 0 Å². The number of aromatic nitrogens is 2. The van der Waals surface area contributed by atoms with Gasteiger partial charge in [0, 0.05) is 31.0 Å². The van der Waals surface area contributed by atoms with Gasteiger partial charge < -0.3 is 5.32 Å². The van der Waals surface area contributed by atoms with Crippen LogP contribution in [0.2, 0.25) is 0 Å². The largest absolute Gasteiger partial charge is 0.351 e. The molecule has 1 aliphatic rings. The molecule has 0 unspecified atom stereocenters. The van der Waals surface area contributed by atoms with Gasteiger partial charge in [-0.05, 0) is 43.0 Å². The van der Waals surface area contributed by atoms with Gasteiger partial charge in [0.05, 0.1) is 10.9 Å². The molecule has 5 nitrogen and oxygen atoms in total. The number of rotatable bonds is 5. The standard InChI is InChI=1S/C25H29N3O2/c1-2-18(19-10-6-5-7-11-19)17-26-24(29)20-13-14-21-22(16-20)27-23-12-8-3-4-9-15-28(23)25(21)30/h5-7,10-11,13-14,16,18H,2-4,8-9,12,15,17H2,1H3,(H,26,29)/t18-/m0/s1. The highest BCUT2D eigenvalue weighted by atomic mass is 16.1. The van der Waals surface area contributed by atoms with Crippen molar-refractivity contribution in [3.8, 4) is 0 Å². The van der Waals surface area contributed by atoms with Crippen molar-refractivity contribution in [3.05, 3.63) is 75.8 Å². The second-order valence-corrected chi connectivity index (χ2v) is 8.11. The van der Waals surface area contributed by atoms with E-state index in [0.717, 1.165) is 44.5 Å². The van der Waals surface area contributed by atoms with Gasteiger partial charge in [-0.2, -0.15) is 0 Å². The van der Waals surface area contributed by atoms with Gasteiger partial charge in [0.15, 0.2) is 0 Å². The van der Waals surface area contributed by atoms with E-state index in [1.807, 2.05) is 22.8 Å². The molecule has 1 aromatic heterocycles. The maximum Gasteiger partial charge on any atom is 0.261 e. The van der Waals surface area contributed by atoms with Crippen LogP contribution in [0.3, 0.4) is 0 Å². The normalized spacial score (nSPS) is 15.1. The zero-order valence-corrected chi connectivity index (χ0v) is 17.6. The lowest BCUT2D eigenvalue weighted by Gasteiger charge is -2.17. The van der Waals surface area contributed by atoms with Gasteiger partial charge in [-0.15, -0.1) is 0 Å². The number of carbonyl (C=O) groups excluding carboxylic acids is 1. The predicted molar refractivity (Wildman–Crippen MR) is 120 cm³/mol. The van der Waals surface area contributed by atoms with Crippen molar-refractivity contribution in [1.29, 1.82) is 0 Å². The third-order valence-electron chi connectivity index (χ3n) is 6.10. The number of carbonyl (C=O) groups is 1. The Morgan fingerprint density at radius 1 is 1.10 bits per heavy atom. The van der Waals surface area contributed by atoms with Crippen molar-refractivity contribution in [3.63, 3.8) is 0 Å². The topological polar surface area (TPSA) is 64.0 Å². The molecule has 0 saturated carbocycles. The Morgan fingerprint density at radius 2 is 1.90 bits per heavy atom. The van der Waals surface area contributed by atoms with Crippen LogP contribution in [0.25, 0.3) is 10.9 Å². The SMILES string of the molecule is CC[C@@H](CNC(=O)c1ccc2c(=O)n3c(nc2c1)CCCCCC3)c1ccccc1. The van der Waals surface area contributed by atoms with Crippen molar-refractivity contribution in [2.45, 2.75) is 57.9 Å². The zero-order valence-electron chi connectivity index (χ0n) is 17.6. The Bertz CT molecular complexity index is 1090. The molecular formula is C25H29N3O2. The molecule has 0 bridgehead atoms. The summed E-state index contributed by atoms with van der Waals surface area (Å²) in [5.41, 5.74) is 2.41. The van der Waals surface area contributed by atoms with Crippen LogP contribution >= 0.6 is 0 Å². The van der Waals surface area contributed by atoms with E-state index in [4.69, 9.17) is 4.98 Å².